The molecule has 9 heteroatoms. The van der Waals surface area contributed by atoms with E-state index in [1.807, 2.05) is 41.5 Å². The van der Waals surface area contributed by atoms with Crippen molar-refractivity contribution in [2.45, 2.75) is 67.9 Å². The van der Waals surface area contributed by atoms with Crippen LogP contribution in [0.25, 0.3) is 0 Å². The van der Waals surface area contributed by atoms with Gasteiger partial charge in [-0.05, 0) is 20.8 Å². The van der Waals surface area contributed by atoms with Gasteiger partial charge in [-0.15, -0.1) is 11.8 Å². The Hall–Kier alpha value is -1.35. The van der Waals surface area contributed by atoms with Crippen molar-refractivity contribution in [1.82, 2.24) is 15.5 Å². The summed E-state index contributed by atoms with van der Waals surface area (Å²) in [7, 11) is 1.55. The third kappa shape index (κ3) is 26.9. The smallest absolute Gasteiger partial charge is 0.407 e. The molecule has 0 bridgehead atoms. The maximum absolute atomic E-state index is 11.6. The van der Waals surface area contributed by atoms with Gasteiger partial charge in [0.1, 0.15) is 5.60 Å². The lowest BCUT2D eigenvalue weighted by molar-refractivity contribution is -0.132. The van der Waals surface area contributed by atoms with Crippen LogP contribution in [0, 0.1) is 0 Å². The number of amides is 3. The Balaban J connectivity index is -0.000000434. The first kappa shape index (κ1) is 34.2. The Bertz CT molecular complexity index is 414. The van der Waals surface area contributed by atoms with Crippen molar-refractivity contribution in [2.75, 3.05) is 32.4 Å². The van der Waals surface area contributed by atoms with E-state index in [-0.39, 0.29) is 37.2 Å². The Kier molecular flexibility index (Phi) is 28.9. The number of alkyl carbamates (subject to hydrolysis) is 1. The lowest BCUT2D eigenvalue weighted by Gasteiger charge is -2.20. The van der Waals surface area contributed by atoms with Crippen LogP contribution in [-0.4, -0.2) is 65.5 Å². The molecule has 0 aliphatic heterocycles. The topological polar surface area (TPSA) is 87.7 Å². The Morgan fingerprint density at radius 1 is 1.00 bits per heavy atom. The van der Waals surface area contributed by atoms with Gasteiger partial charge in [0.15, 0.2) is 0 Å². The molecule has 28 heavy (non-hydrogen) atoms. The van der Waals surface area contributed by atoms with Crippen molar-refractivity contribution in [2.24, 2.45) is 0 Å². The maximum Gasteiger partial charge on any atom is 0.407 e. The quantitative estimate of drug-likeness (QED) is 0.441. The van der Waals surface area contributed by atoms with Crippen molar-refractivity contribution in [3.8, 4) is 0 Å². The summed E-state index contributed by atoms with van der Waals surface area (Å²) in [4.78, 5) is 35.9. The molecule has 0 radical (unpaired) electrons. The molecular weight excluding hydrogens is 398 g/mol. The lowest BCUT2D eigenvalue weighted by atomic mass is 10.2. The molecular formula is C19H41N3O4S2. The van der Waals surface area contributed by atoms with Crippen molar-refractivity contribution in [1.29, 1.82) is 0 Å². The zero-order chi connectivity index (χ0) is 23.2. The molecule has 0 saturated carbocycles. The van der Waals surface area contributed by atoms with E-state index in [9.17, 15) is 14.4 Å². The van der Waals surface area contributed by atoms with Crippen LogP contribution in [0.1, 0.15) is 62.3 Å². The van der Waals surface area contributed by atoms with Crippen LogP contribution in [0.5, 0.6) is 0 Å². The number of rotatable bonds is 8. The van der Waals surface area contributed by atoms with E-state index in [0.29, 0.717) is 0 Å². The zero-order valence-electron chi connectivity index (χ0n) is 19.3. The highest BCUT2D eigenvalue weighted by Gasteiger charge is 2.16. The first-order chi connectivity index (χ1) is 13.2. The minimum atomic E-state index is -0.559. The van der Waals surface area contributed by atoms with Crippen LogP contribution >= 0.6 is 24.0 Å². The fourth-order valence-corrected chi connectivity index (χ4v) is 1.89. The summed E-state index contributed by atoms with van der Waals surface area (Å²) in [6, 6.07) is 0. The average molecular weight is 440 g/mol. The Morgan fingerprint density at radius 3 is 1.89 bits per heavy atom. The number of hydrogen-bond acceptors (Lipinski definition) is 6. The SMILES string of the molecule is CC.CC.CC.CN(CC(=O)NCCNC(=O)OC(C)(C)C)C(=O)CSC=S. The summed E-state index contributed by atoms with van der Waals surface area (Å²) < 4.78 is 6.46. The van der Waals surface area contributed by atoms with Crippen molar-refractivity contribution < 1.29 is 19.1 Å². The van der Waals surface area contributed by atoms with Gasteiger partial charge >= 0.3 is 6.09 Å². The summed E-state index contributed by atoms with van der Waals surface area (Å²) in [5, 5.41) is 5.13. The normalized spacial score (nSPS) is 8.93. The first-order valence-corrected chi connectivity index (χ1v) is 11.2. The molecule has 0 aliphatic carbocycles. The number of nitrogens with zero attached hydrogens (tertiary/aromatic N) is 1. The van der Waals surface area contributed by atoms with Crippen molar-refractivity contribution >= 4 is 46.6 Å². The Labute approximate surface area is 181 Å². The van der Waals surface area contributed by atoms with Gasteiger partial charge in [-0.3, -0.25) is 9.59 Å². The molecule has 0 aliphatic rings. The van der Waals surface area contributed by atoms with Crippen LogP contribution in [-0.2, 0) is 14.3 Å². The zero-order valence-corrected chi connectivity index (χ0v) is 20.9. The number of carbonyl (C=O) groups is 3. The predicted molar refractivity (Wildman–Crippen MR) is 125 cm³/mol. The third-order valence-corrected chi connectivity index (χ3v) is 3.15. The van der Waals surface area contributed by atoms with E-state index in [2.05, 4.69) is 22.9 Å². The molecule has 0 atom stereocenters. The Morgan fingerprint density at radius 2 is 1.46 bits per heavy atom. The molecule has 0 aromatic carbocycles. The molecule has 0 rings (SSSR count). The first-order valence-electron chi connectivity index (χ1n) is 9.68. The van der Waals surface area contributed by atoms with Crippen LogP contribution in [0.15, 0.2) is 0 Å². The van der Waals surface area contributed by atoms with E-state index < -0.39 is 11.7 Å². The number of likely N-dealkylation sites (N-methyl/N-ethyl adjacent to an activating group) is 1. The highest BCUT2D eigenvalue weighted by molar-refractivity contribution is 8.21. The number of carbonyl (C=O) groups excluding carboxylic acids is 3. The van der Waals surface area contributed by atoms with E-state index >= 15 is 0 Å². The second kappa shape index (κ2) is 23.7. The van der Waals surface area contributed by atoms with Gasteiger partial charge in [-0.2, -0.15) is 0 Å². The number of thioether (sulfide) groups is 1. The minimum Gasteiger partial charge on any atom is -0.444 e. The molecule has 0 saturated heterocycles. The van der Waals surface area contributed by atoms with Gasteiger partial charge in [-0.1, -0.05) is 53.8 Å². The van der Waals surface area contributed by atoms with E-state index in [1.165, 1.54) is 21.4 Å². The molecule has 0 spiro atoms. The van der Waals surface area contributed by atoms with Gasteiger partial charge in [0.05, 0.1) is 12.3 Å². The molecule has 2 N–H and O–H groups in total. The number of ether oxygens (including phenoxy) is 1. The molecule has 3 amide bonds. The van der Waals surface area contributed by atoms with E-state index in [1.54, 1.807) is 27.8 Å². The number of hydrogen-bond donors (Lipinski definition) is 2. The summed E-state index contributed by atoms with van der Waals surface area (Å²) in [5.41, 5.74) is -0.559. The standard InChI is InChI=1S/C13H23N3O4S2.3C2H6/c1-13(2,3)20-12(19)15-6-5-14-10(17)7-16(4)11(18)8-22-9-21;3*1-2/h9H,5-8H2,1-4H3,(H,14,17)(H,15,19);3*1-2H3. The van der Waals surface area contributed by atoms with Gasteiger partial charge < -0.3 is 20.3 Å². The second-order valence-electron chi connectivity index (χ2n) is 5.44. The van der Waals surface area contributed by atoms with E-state index in [0.717, 1.165) is 0 Å². The third-order valence-electron chi connectivity index (χ3n) is 2.20. The maximum atomic E-state index is 11.6. The molecule has 0 heterocycles. The van der Waals surface area contributed by atoms with Crippen LogP contribution < -0.4 is 10.6 Å². The summed E-state index contributed by atoms with van der Waals surface area (Å²) >= 11 is 5.82. The largest absolute Gasteiger partial charge is 0.444 e. The van der Waals surface area contributed by atoms with Crippen LogP contribution in [0.2, 0.25) is 0 Å². The van der Waals surface area contributed by atoms with Crippen LogP contribution in [0.3, 0.4) is 0 Å². The molecule has 0 aromatic heterocycles. The fourth-order valence-electron chi connectivity index (χ4n) is 1.26. The van der Waals surface area contributed by atoms with Crippen LogP contribution in [0.4, 0.5) is 4.79 Å². The highest BCUT2D eigenvalue weighted by Crippen LogP contribution is 2.05. The highest BCUT2D eigenvalue weighted by atomic mass is 32.2. The van der Waals surface area contributed by atoms with Crippen molar-refractivity contribution in [3.05, 3.63) is 0 Å². The number of thiocarbonyl (C=S) groups is 1. The van der Waals surface area contributed by atoms with E-state index in [4.69, 9.17) is 4.74 Å². The molecule has 0 aromatic rings. The second-order valence-corrected chi connectivity index (χ2v) is 6.83. The number of nitrogens with one attached hydrogen (secondary N) is 2. The minimum absolute atomic E-state index is 0.0384. The summed E-state index contributed by atoms with van der Waals surface area (Å²) in [6.07, 6.45) is -0.536. The summed E-state index contributed by atoms with van der Waals surface area (Å²) in [5.74, 6) is -0.254. The van der Waals surface area contributed by atoms with Gasteiger partial charge in [0.2, 0.25) is 11.8 Å². The average Bonchev–Trinajstić information content (AvgIpc) is 2.66. The summed E-state index contributed by atoms with van der Waals surface area (Å²) in [6.45, 7) is 17.8. The van der Waals surface area contributed by atoms with Gasteiger partial charge in [0, 0.05) is 24.8 Å². The van der Waals surface area contributed by atoms with Gasteiger partial charge in [0.25, 0.3) is 0 Å². The van der Waals surface area contributed by atoms with Crippen molar-refractivity contribution in [3.63, 3.8) is 0 Å². The molecule has 0 fully saturated rings. The predicted octanol–water partition coefficient (Wildman–Crippen LogP) is 3.85. The monoisotopic (exact) mass is 439 g/mol. The molecule has 168 valence electrons. The fraction of sp³-hybridized carbons (Fsp3) is 0.789. The molecule has 0 unspecified atom stereocenters. The van der Waals surface area contributed by atoms with Gasteiger partial charge in [-0.25, -0.2) is 4.79 Å². The molecule has 7 nitrogen and oxygen atoms in total. The lowest BCUT2D eigenvalue weighted by Crippen LogP contribution is -2.42.